The summed E-state index contributed by atoms with van der Waals surface area (Å²) in [5.74, 6) is 0.868. The minimum Gasteiger partial charge on any atom is -0.458 e. The summed E-state index contributed by atoms with van der Waals surface area (Å²) in [7, 11) is 0. The van der Waals surface area contributed by atoms with E-state index in [1.54, 1.807) is 0 Å². The zero-order chi connectivity index (χ0) is 13.5. The predicted molar refractivity (Wildman–Crippen MR) is 79.3 cm³/mol. The van der Waals surface area contributed by atoms with Gasteiger partial charge in [-0.1, -0.05) is 49.9 Å². The minimum atomic E-state index is -0.0451. The molecule has 1 heterocycles. The largest absolute Gasteiger partial charge is 0.458 e. The van der Waals surface area contributed by atoms with Gasteiger partial charge in [-0.3, -0.25) is 0 Å². The van der Waals surface area contributed by atoms with Gasteiger partial charge in [-0.15, -0.1) is 0 Å². The second kappa shape index (κ2) is 4.84. The van der Waals surface area contributed by atoms with Gasteiger partial charge >= 0.3 is 0 Å². The fourth-order valence-electron chi connectivity index (χ4n) is 3.21. The van der Waals surface area contributed by atoms with Crippen LogP contribution < -0.4 is 5.73 Å². The third kappa shape index (κ3) is 2.28. The van der Waals surface area contributed by atoms with E-state index in [-0.39, 0.29) is 11.5 Å². The quantitative estimate of drug-likeness (QED) is 0.834. The Labute approximate surface area is 118 Å². The summed E-state index contributed by atoms with van der Waals surface area (Å²) in [6.45, 7) is 2.28. The average Bonchev–Trinajstić information content (AvgIpc) is 2.84. The molecule has 0 spiro atoms. The molecule has 0 saturated heterocycles. The van der Waals surface area contributed by atoms with E-state index in [1.807, 2.05) is 24.3 Å². The van der Waals surface area contributed by atoms with E-state index in [1.165, 1.54) is 32.1 Å². The van der Waals surface area contributed by atoms with Crippen LogP contribution in [0.3, 0.4) is 0 Å². The molecule has 19 heavy (non-hydrogen) atoms. The van der Waals surface area contributed by atoms with Crippen molar-refractivity contribution >= 4 is 22.6 Å². The maximum atomic E-state index is 6.48. The Kier molecular flexibility index (Phi) is 3.32. The van der Waals surface area contributed by atoms with Gasteiger partial charge in [-0.05, 0) is 30.4 Å². The molecule has 1 fully saturated rings. The highest BCUT2D eigenvalue weighted by atomic mass is 35.5. The Bertz CT molecular complexity index is 583. The molecule has 3 rings (SSSR count). The van der Waals surface area contributed by atoms with Gasteiger partial charge in [0, 0.05) is 5.39 Å². The first-order valence-electron chi connectivity index (χ1n) is 7.04. The number of rotatable bonds is 2. The van der Waals surface area contributed by atoms with Gasteiger partial charge < -0.3 is 10.2 Å². The van der Waals surface area contributed by atoms with Gasteiger partial charge in [0.2, 0.25) is 0 Å². The lowest BCUT2D eigenvalue weighted by Crippen LogP contribution is -2.33. The maximum absolute atomic E-state index is 6.48. The van der Waals surface area contributed by atoms with Gasteiger partial charge in [0.1, 0.15) is 5.76 Å². The van der Waals surface area contributed by atoms with Crippen LogP contribution in [0.25, 0.3) is 11.0 Å². The van der Waals surface area contributed by atoms with E-state index in [4.69, 9.17) is 21.8 Å². The first kappa shape index (κ1) is 13.0. The van der Waals surface area contributed by atoms with Crippen LogP contribution in [-0.4, -0.2) is 0 Å². The molecule has 3 heteroatoms. The molecule has 1 aromatic heterocycles. The molecule has 0 bridgehead atoms. The Hall–Kier alpha value is -0.990. The highest BCUT2D eigenvalue weighted by Gasteiger charge is 2.36. The Balaban J connectivity index is 1.97. The van der Waals surface area contributed by atoms with Gasteiger partial charge in [0.25, 0.3) is 0 Å². The molecule has 0 amide bonds. The standard InChI is InChI=1S/C16H20ClNO/c1-16(8-3-2-4-9-16)15(18)13-10-11-6-5-7-12(17)14(11)19-13/h5-7,10,15H,2-4,8-9,18H2,1H3. The topological polar surface area (TPSA) is 39.2 Å². The van der Waals surface area contributed by atoms with E-state index in [0.717, 1.165) is 16.7 Å². The highest BCUT2D eigenvalue weighted by molar-refractivity contribution is 6.34. The number of hydrogen-bond acceptors (Lipinski definition) is 2. The monoisotopic (exact) mass is 277 g/mol. The van der Waals surface area contributed by atoms with E-state index in [0.29, 0.717) is 5.02 Å². The van der Waals surface area contributed by atoms with Gasteiger partial charge in [0.15, 0.2) is 5.58 Å². The number of nitrogens with two attached hydrogens (primary N) is 1. The molecular weight excluding hydrogens is 258 g/mol. The molecule has 1 aliphatic rings. The van der Waals surface area contributed by atoms with Gasteiger partial charge in [-0.25, -0.2) is 0 Å². The molecule has 0 aliphatic heterocycles. The van der Waals surface area contributed by atoms with Crippen LogP contribution in [-0.2, 0) is 0 Å². The van der Waals surface area contributed by atoms with Crippen LogP contribution in [0, 0.1) is 5.41 Å². The fourth-order valence-corrected chi connectivity index (χ4v) is 3.44. The Morgan fingerprint density at radius 2 is 2.00 bits per heavy atom. The number of furan rings is 1. The Morgan fingerprint density at radius 1 is 1.26 bits per heavy atom. The van der Waals surface area contributed by atoms with Crippen molar-refractivity contribution in [1.82, 2.24) is 0 Å². The van der Waals surface area contributed by atoms with Crippen molar-refractivity contribution in [2.75, 3.05) is 0 Å². The van der Waals surface area contributed by atoms with Crippen LogP contribution >= 0.6 is 11.6 Å². The molecule has 2 N–H and O–H groups in total. The van der Waals surface area contributed by atoms with Crippen molar-refractivity contribution in [1.29, 1.82) is 0 Å². The normalized spacial score (nSPS) is 20.6. The molecular formula is C16H20ClNO. The van der Waals surface area contributed by atoms with Crippen molar-refractivity contribution < 1.29 is 4.42 Å². The highest BCUT2D eigenvalue weighted by Crippen LogP contribution is 2.45. The van der Waals surface area contributed by atoms with Crippen LogP contribution in [0.4, 0.5) is 0 Å². The average molecular weight is 278 g/mol. The maximum Gasteiger partial charge on any atom is 0.152 e. The summed E-state index contributed by atoms with van der Waals surface area (Å²) in [6, 6.07) is 7.81. The first-order valence-corrected chi connectivity index (χ1v) is 7.41. The van der Waals surface area contributed by atoms with Crippen molar-refractivity contribution in [3.05, 3.63) is 35.0 Å². The summed E-state index contributed by atoms with van der Waals surface area (Å²) < 4.78 is 5.92. The smallest absolute Gasteiger partial charge is 0.152 e. The van der Waals surface area contributed by atoms with E-state index in [9.17, 15) is 0 Å². The molecule has 1 atom stereocenters. The van der Waals surface area contributed by atoms with Crippen molar-refractivity contribution in [3.8, 4) is 0 Å². The van der Waals surface area contributed by atoms with Crippen LogP contribution in [0.15, 0.2) is 28.7 Å². The number of para-hydroxylation sites is 1. The SMILES string of the molecule is CC1(C(N)c2cc3cccc(Cl)c3o2)CCCCC1. The van der Waals surface area contributed by atoms with Crippen molar-refractivity contribution in [2.24, 2.45) is 11.1 Å². The van der Waals surface area contributed by atoms with Gasteiger partial charge in [0.05, 0.1) is 11.1 Å². The molecule has 1 unspecified atom stereocenters. The third-order valence-electron chi connectivity index (χ3n) is 4.57. The lowest BCUT2D eigenvalue weighted by Gasteiger charge is -2.37. The second-order valence-corrected chi connectivity index (χ2v) is 6.41. The zero-order valence-electron chi connectivity index (χ0n) is 11.3. The van der Waals surface area contributed by atoms with Crippen LogP contribution in [0.5, 0.6) is 0 Å². The van der Waals surface area contributed by atoms with E-state index in [2.05, 4.69) is 6.92 Å². The van der Waals surface area contributed by atoms with Crippen LogP contribution in [0.1, 0.15) is 50.8 Å². The number of hydrogen-bond donors (Lipinski definition) is 1. The van der Waals surface area contributed by atoms with Gasteiger partial charge in [-0.2, -0.15) is 0 Å². The van der Waals surface area contributed by atoms with E-state index < -0.39 is 0 Å². The summed E-state index contributed by atoms with van der Waals surface area (Å²) in [6.07, 6.45) is 6.22. The lowest BCUT2D eigenvalue weighted by molar-refractivity contribution is 0.156. The second-order valence-electron chi connectivity index (χ2n) is 6.00. The molecule has 2 nitrogen and oxygen atoms in total. The summed E-state index contributed by atoms with van der Waals surface area (Å²) in [5, 5.41) is 1.70. The molecule has 1 aromatic carbocycles. The zero-order valence-corrected chi connectivity index (χ0v) is 12.0. The summed E-state index contributed by atoms with van der Waals surface area (Å²) in [5.41, 5.74) is 7.39. The molecule has 102 valence electrons. The van der Waals surface area contributed by atoms with E-state index >= 15 is 0 Å². The lowest BCUT2D eigenvalue weighted by atomic mass is 9.70. The molecule has 1 saturated carbocycles. The summed E-state index contributed by atoms with van der Waals surface area (Å²) in [4.78, 5) is 0. The summed E-state index contributed by atoms with van der Waals surface area (Å²) >= 11 is 6.16. The van der Waals surface area contributed by atoms with Crippen molar-refractivity contribution in [2.45, 2.75) is 45.1 Å². The number of fused-ring (bicyclic) bond motifs is 1. The number of benzene rings is 1. The van der Waals surface area contributed by atoms with Crippen LogP contribution in [0.2, 0.25) is 5.02 Å². The number of halogens is 1. The molecule has 2 aromatic rings. The Morgan fingerprint density at radius 3 is 2.68 bits per heavy atom. The fraction of sp³-hybridized carbons (Fsp3) is 0.500. The van der Waals surface area contributed by atoms with Crippen molar-refractivity contribution in [3.63, 3.8) is 0 Å². The molecule has 1 aliphatic carbocycles. The minimum absolute atomic E-state index is 0.0451. The molecule has 0 radical (unpaired) electrons. The third-order valence-corrected chi connectivity index (χ3v) is 4.87. The predicted octanol–water partition coefficient (Wildman–Crippen LogP) is 5.06. The first-order chi connectivity index (χ1) is 9.10.